The fourth-order valence-electron chi connectivity index (χ4n) is 1.20. The van der Waals surface area contributed by atoms with Gasteiger partial charge >= 0.3 is 0 Å². The fraction of sp³-hybridized carbons (Fsp3) is 0.231. The van der Waals surface area contributed by atoms with Crippen LogP contribution in [0, 0.1) is 17.7 Å². The highest BCUT2D eigenvalue weighted by Gasteiger charge is 2.06. The monoisotopic (exact) mass is 250 g/mol. The zero-order valence-corrected chi connectivity index (χ0v) is 10.4. The molecular formula is C13H11FO2S. The molecule has 0 N–H and O–H groups in total. The molecule has 0 atom stereocenters. The highest BCUT2D eigenvalue weighted by molar-refractivity contribution is 8.13. The molecule has 4 heteroatoms. The summed E-state index contributed by atoms with van der Waals surface area (Å²) in [7, 11) is 0. The number of Topliss-reactive ketones (excluding diaryl/α,β-unsaturated/α-hetero) is 1. The molecule has 1 rings (SSSR count). The molecule has 0 aliphatic rings. The van der Waals surface area contributed by atoms with Crippen molar-refractivity contribution < 1.29 is 14.0 Å². The third kappa shape index (κ3) is 4.41. The van der Waals surface area contributed by atoms with Crippen LogP contribution in [-0.2, 0) is 4.79 Å². The van der Waals surface area contributed by atoms with Gasteiger partial charge in [-0.05, 0) is 25.1 Å². The van der Waals surface area contributed by atoms with E-state index in [-0.39, 0.29) is 10.9 Å². The first kappa shape index (κ1) is 13.5. The van der Waals surface area contributed by atoms with Crippen LogP contribution in [0.25, 0.3) is 0 Å². The van der Waals surface area contributed by atoms with E-state index in [2.05, 4.69) is 11.8 Å². The summed E-state index contributed by atoms with van der Waals surface area (Å²) in [4.78, 5) is 21.9. The summed E-state index contributed by atoms with van der Waals surface area (Å²) in [6.07, 6.45) is 0. The normalized spacial score (nSPS) is 9.35. The Hall–Kier alpha value is -1.60. The van der Waals surface area contributed by atoms with Crippen molar-refractivity contribution in [1.29, 1.82) is 0 Å². The molecule has 0 bridgehead atoms. The zero-order valence-electron chi connectivity index (χ0n) is 9.54. The van der Waals surface area contributed by atoms with Crippen molar-refractivity contribution >= 4 is 22.7 Å². The van der Waals surface area contributed by atoms with Gasteiger partial charge in [0.1, 0.15) is 5.82 Å². The molecule has 0 saturated carbocycles. The van der Waals surface area contributed by atoms with Gasteiger partial charge in [0, 0.05) is 18.1 Å². The number of hydrogen-bond acceptors (Lipinski definition) is 3. The second-order valence-electron chi connectivity index (χ2n) is 3.33. The van der Waals surface area contributed by atoms with Crippen LogP contribution >= 0.6 is 11.8 Å². The van der Waals surface area contributed by atoms with E-state index in [4.69, 9.17) is 0 Å². The van der Waals surface area contributed by atoms with Gasteiger partial charge in [0.05, 0.1) is 5.75 Å². The van der Waals surface area contributed by atoms with Gasteiger partial charge in [-0.3, -0.25) is 9.59 Å². The van der Waals surface area contributed by atoms with Crippen LogP contribution in [0.3, 0.4) is 0 Å². The van der Waals surface area contributed by atoms with Crippen molar-refractivity contribution in [2.24, 2.45) is 0 Å². The minimum Gasteiger partial charge on any atom is -0.294 e. The Balaban J connectivity index is 2.92. The number of thioether (sulfide) groups is 1. The molecule has 0 radical (unpaired) electrons. The first-order valence-corrected chi connectivity index (χ1v) is 5.92. The number of carbonyl (C=O) groups excluding carboxylic acids is 2. The Morgan fingerprint density at radius 2 is 2.06 bits per heavy atom. The molecule has 0 unspecified atom stereocenters. The smallest absolute Gasteiger partial charge is 0.186 e. The average molecular weight is 250 g/mol. The summed E-state index contributed by atoms with van der Waals surface area (Å²) in [5.74, 6) is 5.18. The maximum absolute atomic E-state index is 13.0. The van der Waals surface area contributed by atoms with Gasteiger partial charge in [-0.25, -0.2) is 4.39 Å². The van der Waals surface area contributed by atoms with Crippen molar-refractivity contribution in [3.05, 3.63) is 35.1 Å². The van der Waals surface area contributed by atoms with E-state index >= 15 is 0 Å². The van der Waals surface area contributed by atoms with Crippen LogP contribution in [0.4, 0.5) is 4.39 Å². The number of halogens is 1. The van der Waals surface area contributed by atoms with Crippen LogP contribution in [-0.4, -0.2) is 16.7 Å². The lowest BCUT2D eigenvalue weighted by molar-refractivity contribution is -0.109. The third-order valence-electron chi connectivity index (χ3n) is 1.93. The predicted octanol–water partition coefficient (Wildman–Crippen LogP) is 2.66. The molecule has 0 aromatic heterocycles. The van der Waals surface area contributed by atoms with Gasteiger partial charge in [-0.15, -0.1) is 0 Å². The maximum atomic E-state index is 13.0. The van der Waals surface area contributed by atoms with E-state index < -0.39 is 5.82 Å². The van der Waals surface area contributed by atoms with Crippen molar-refractivity contribution in [3.8, 4) is 11.8 Å². The maximum Gasteiger partial charge on any atom is 0.186 e. The molecule has 0 fully saturated rings. The quantitative estimate of drug-likeness (QED) is 0.597. The average Bonchev–Trinajstić information content (AvgIpc) is 2.23. The van der Waals surface area contributed by atoms with Gasteiger partial charge in [0.25, 0.3) is 0 Å². The van der Waals surface area contributed by atoms with Gasteiger partial charge in [0.2, 0.25) is 0 Å². The number of rotatable bonds is 2. The highest BCUT2D eigenvalue weighted by atomic mass is 32.2. The molecule has 2 nitrogen and oxygen atoms in total. The van der Waals surface area contributed by atoms with Gasteiger partial charge < -0.3 is 0 Å². The van der Waals surface area contributed by atoms with Crippen LogP contribution in [0.15, 0.2) is 18.2 Å². The van der Waals surface area contributed by atoms with Crippen LogP contribution in [0.1, 0.15) is 29.8 Å². The number of hydrogen-bond donors (Lipinski definition) is 0. The highest BCUT2D eigenvalue weighted by Crippen LogP contribution is 2.11. The molecule has 0 saturated heterocycles. The number of ketones is 1. The minimum atomic E-state index is -0.432. The lowest BCUT2D eigenvalue weighted by Crippen LogP contribution is -1.97. The van der Waals surface area contributed by atoms with E-state index in [1.165, 1.54) is 32.0 Å². The second kappa shape index (κ2) is 6.21. The van der Waals surface area contributed by atoms with E-state index in [0.717, 1.165) is 11.8 Å². The van der Waals surface area contributed by atoms with Crippen LogP contribution < -0.4 is 0 Å². The Morgan fingerprint density at radius 1 is 1.35 bits per heavy atom. The molecule has 0 amide bonds. The van der Waals surface area contributed by atoms with E-state index in [0.29, 0.717) is 16.9 Å². The summed E-state index contributed by atoms with van der Waals surface area (Å²) in [5, 5.41) is -0.0228. The third-order valence-corrected chi connectivity index (χ3v) is 2.63. The van der Waals surface area contributed by atoms with Crippen molar-refractivity contribution in [1.82, 2.24) is 0 Å². The largest absolute Gasteiger partial charge is 0.294 e. The zero-order chi connectivity index (χ0) is 12.8. The van der Waals surface area contributed by atoms with E-state index in [1.807, 2.05) is 0 Å². The Morgan fingerprint density at radius 3 is 2.65 bits per heavy atom. The van der Waals surface area contributed by atoms with Gasteiger partial charge in [-0.1, -0.05) is 23.6 Å². The summed E-state index contributed by atoms with van der Waals surface area (Å²) < 4.78 is 13.0. The Kier molecular flexibility index (Phi) is 4.92. The SMILES string of the molecule is CC(=O)SCC#Cc1cc(F)ccc1C(C)=O. The number of carbonyl (C=O) groups is 2. The summed E-state index contributed by atoms with van der Waals surface area (Å²) in [6.45, 7) is 2.86. The molecule has 1 aromatic carbocycles. The van der Waals surface area contributed by atoms with Gasteiger partial charge in [-0.2, -0.15) is 0 Å². The Labute approximate surface area is 104 Å². The molecule has 0 heterocycles. The van der Waals surface area contributed by atoms with Crippen molar-refractivity contribution in [2.75, 3.05) is 5.75 Å². The first-order chi connectivity index (χ1) is 8.00. The molecule has 0 aliphatic heterocycles. The molecular weight excluding hydrogens is 239 g/mol. The molecule has 1 aromatic rings. The van der Waals surface area contributed by atoms with Gasteiger partial charge in [0.15, 0.2) is 10.9 Å². The molecule has 88 valence electrons. The molecule has 0 spiro atoms. The fourth-order valence-corrected chi connectivity index (χ4v) is 1.54. The summed E-state index contributed by atoms with van der Waals surface area (Å²) >= 11 is 1.08. The lowest BCUT2D eigenvalue weighted by atomic mass is 10.0. The standard InChI is InChI=1S/C13H11FO2S/c1-9(15)13-6-5-12(14)8-11(13)4-3-7-17-10(2)16/h5-6,8H,7H2,1-2H3. The van der Waals surface area contributed by atoms with E-state index in [9.17, 15) is 14.0 Å². The molecule has 17 heavy (non-hydrogen) atoms. The predicted molar refractivity (Wildman–Crippen MR) is 66.4 cm³/mol. The molecule has 0 aliphatic carbocycles. The number of benzene rings is 1. The minimum absolute atomic E-state index is 0.0228. The van der Waals surface area contributed by atoms with Crippen molar-refractivity contribution in [2.45, 2.75) is 13.8 Å². The second-order valence-corrected chi connectivity index (χ2v) is 4.48. The van der Waals surface area contributed by atoms with Crippen LogP contribution in [0.5, 0.6) is 0 Å². The Bertz CT molecular complexity index is 512. The van der Waals surface area contributed by atoms with E-state index in [1.54, 1.807) is 0 Å². The van der Waals surface area contributed by atoms with Crippen molar-refractivity contribution in [3.63, 3.8) is 0 Å². The first-order valence-electron chi connectivity index (χ1n) is 4.93. The lowest BCUT2D eigenvalue weighted by Gasteiger charge is -1.99. The topological polar surface area (TPSA) is 34.1 Å². The van der Waals surface area contributed by atoms with Crippen LogP contribution in [0.2, 0.25) is 0 Å². The summed E-state index contributed by atoms with van der Waals surface area (Å²) in [5.41, 5.74) is 0.758. The summed E-state index contributed by atoms with van der Waals surface area (Å²) in [6, 6.07) is 3.87.